The molecule has 0 saturated heterocycles. The van der Waals surface area contributed by atoms with Crippen LogP contribution in [-0.4, -0.2) is 31.5 Å². The Hall–Kier alpha value is -1.48. The highest BCUT2D eigenvalue weighted by molar-refractivity contribution is 6.32. The number of hydrogen-bond acceptors (Lipinski definition) is 2. The summed E-state index contributed by atoms with van der Waals surface area (Å²) in [5.41, 5.74) is 4.94. The molecule has 1 atom stereocenters. The van der Waals surface area contributed by atoms with Gasteiger partial charge in [-0.3, -0.25) is 4.79 Å². The monoisotopic (exact) mass is 333 g/mol. The molecular weight excluding hydrogens is 310 g/mol. The topological polar surface area (TPSA) is 29.5 Å². The quantitative estimate of drug-likeness (QED) is 0.753. The van der Waals surface area contributed by atoms with Gasteiger partial charge in [-0.1, -0.05) is 22.7 Å². The van der Waals surface area contributed by atoms with E-state index in [1.807, 2.05) is 24.1 Å². The van der Waals surface area contributed by atoms with Gasteiger partial charge in [0.15, 0.2) is 0 Å². The number of likely N-dealkylation sites (N-methyl/N-ethyl adjacent to an activating group) is 1. The smallest absolute Gasteiger partial charge is 0.234 e. The van der Waals surface area contributed by atoms with Crippen molar-refractivity contribution < 1.29 is 9.53 Å². The molecule has 0 aromatic heterocycles. The number of methoxy groups -OCH3 is 1. The number of carbonyl (C=O) groups is 1. The highest BCUT2D eigenvalue weighted by Crippen LogP contribution is 2.42. The van der Waals surface area contributed by atoms with Crippen molar-refractivity contribution in [1.29, 1.82) is 0 Å². The number of allylic oxidation sites excluding steroid dienone is 1. The lowest BCUT2D eigenvalue weighted by Crippen LogP contribution is -2.32. The van der Waals surface area contributed by atoms with E-state index in [2.05, 4.69) is 6.92 Å². The van der Waals surface area contributed by atoms with Gasteiger partial charge in [0.2, 0.25) is 5.91 Å². The Balaban J connectivity index is 2.18. The minimum absolute atomic E-state index is 0.177. The first-order valence-electron chi connectivity index (χ1n) is 8.32. The molecule has 2 aliphatic rings. The van der Waals surface area contributed by atoms with Crippen LogP contribution in [0.1, 0.15) is 49.7 Å². The Morgan fingerprint density at radius 1 is 1.22 bits per heavy atom. The maximum Gasteiger partial charge on any atom is 0.234 e. The normalized spacial score (nSPS) is 22.0. The van der Waals surface area contributed by atoms with E-state index in [4.69, 9.17) is 16.3 Å². The minimum Gasteiger partial charge on any atom is -0.495 e. The summed E-state index contributed by atoms with van der Waals surface area (Å²) in [4.78, 5) is 14.9. The number of carbonyl (C=O) groups excluding carboxylic acids is 1. The fourth-order valence-electron chi connectivity index (χ4n) is 3.81. The second-order valence-electron chi connectivity index (χ2n) is 6.64. The first-order chi connectivity index (χ1) is 11.0. The van der Waals surface area contributed by atoms with Gasteiger partial charge < -0.3 is 9.64 Å². The summed E-state index contributed by atoms with van der Waals surface area (Å²) in [6, 6.07) is 3.96. The van der Waals surface area contributed by atoms with Gasteiger partial charge in [0.25, 0.3) is 0 Å². The van der Waals surface area contributed by atoms with Crippen molar-refractivity contribution in [2.75, 3.05) is 20.7 Å². The van der Waals surface area contributed by atoms with E-state index in [-0.39, 0.29) is 11.8 Å². The Bertz CT molecular complexity index is 666. The van der Waals surface area contributed by atoms with Crippen molar-refractivity contribution in [3.8, 4) is 5.75 Å². The molecule has 0 saturated carbocycles. The van der Waals surface area contributed by atoms with Crippen molar-refractivity contribution in [2.24, 2.45) is 0 Å². The van der Waals surface area contributed by atoms with Gasteiger partial charge in [0, 0.05) is 13.6 Å². The van der Waals surface area contributed by atoms with Crippen LogP contribution in [0.15, 0.2) is 23.3 Å². The number of rotatable bonds is 2. The maximum absolute atomic E-state index is 13.1. The number of amides is 1. The molecule has 1 heterocycles. The largest absolute Gasteiger partial charge is 0.495 e. The summed E-state index contributed by atoms with van der Waals surface area (Å²) in [7, 11) is 3.52. The number of fused-ring (bicyclic) bond motifs is 1. The number of ether oxygens (including phenoxy) is 1. The summed E-state index contributed by atoms with van der Waals surface area (Å²) >= 11 is 6.31. The van der Waals surface area contributed by atoms with Gasteiger partial charge in [0.05, 0.1) is 18.1 Å². The van der Waals surface area contributed by atoms with Gasteiger partial charge in [-0.15, -0.1) is 0 Å². The number of hydrogen-bond donors (Lipinski definition) is 0. The zero-order valence-corrected chi connectivity index (χ0v) is 14.9. The fourth-order valence-corrected chi connectivity index (χ4v) is 4.07. The Labute approximate surface area is 143 Å². The standard InChI is InChI=1S/C19H24ClNO2/c1-12-6-4-5-7-14(12)18-15-11-17(23-3)16(20)10-13(15)8-9-21(2)19(18)22/h10-11,18H,4-9H2,1-3H3/t18-/m1/s1. The van der Waals surface area contributed by atoms with Gasteiger partial charge in [-0.05, 0) is 62.3 Å². The minimum atomic E-state index is -0.177. The summed E-state index contributed by atoms with van der Waals surface area (Å²) in [6.07, 6.45) is 5.34. The van der Waals surface area contributed by atoms with Crippen LogP contribution in [0.4, 0.5) is 0 Å². The zero-order valence-electron chi connectivity index (χ0n) is 14.1. The summed E-state index contributed by atoms with van der Waals surface area (Å²) in [5.74, 6) is 0.676. The summed E-state index contributed by atoms with van der Waals surface area (Å²) in [6.45, 7) is 2.91. The van der Waals surface area contributed by atoms with E-state index < -0.39 is 0 Å². The number of nitrogens with zero attached hydrogens (tertiary/aromatic N) is 1. The zero-order chi connectivity index (χ0) is 16.6. The van der Waals surface area contributed by atoms with Crippen molar-refractivity contribution in [2.45, 2.75) is 44.9 Å². The molecular formula is C19H24ClNO2. The Kier molecular flexibility index (Phi) is 4.67. The van der Waals surface area contributed by atoms with Crippen LogP contribution in [0.25, 0.3) is 0 Å². The predicted molar refractivity (Wildman–Crippen MR) is 93.3 cm³/mol. The third-order valence-corrected chi connectivity index (χ3v) is 5.50. The third kappa shape index (κ3) is 2.99. The molecule has 1 amide bonds. The second-order valence-corrected chi connectivity index (χ2v) is 7.05. The average Bonchev–Trinajstić information content (AvgIpc) is 2.65. The number of benzene rings is 1. The molecule has 3 rings (SSSR count). The molecule has 124 valence electrons. The van der Waals surface area contributed by atoms with Crippen molar-refractivity contribution in [3.05, 3.63) is 39.4 Å². The summed E-state index contributed by atoms with van der Waals surface area (Å²) in [5, 5.41) is 0.622. The van der Waals surface area contributed by atoms with Gasteiger partial charge in [0.1, 0.15) is 5.75 Å². The van der Waals surface area contributed by atoms with E-state index in [0.717, 1.165) is 31.4 Å². The molecule has 4 heteroatoms. The van der Waals surface area contributed by atoms with Crippen LogP contribution in [-0.2, 0) is 11.2 Å². The second kappa shape index (κ2) is 6.56. The Morgan fingerprint density at radius 3 is 2.65 bits per heavy atom. The molecule has 0 bridgehead atoms. The van der Waals surface area contributed by atoms with Crippen molar-refractivity contribution >= 4 is 17.5 Å². The van der Waals surface area contributed by atoms with E-state index in [0.29, 0.717) is 10.8 Å². The summed E-state index contributed by atoms with van der Waals surface area (Å²) < 4.78 is 5.40. The lowest BCUT2D eigenvalue weighted by molar-refractivity contribution is -0.130. The van der Waals surface area contributed by atoms with Crippen LogP contribution in [0.5, 0.6) is 5.75 Å². The maximum atomic E-state index is 13.1. The first-order valence-corrected chi connectivity index (χ1v) is 8.70. The van der Waals surface area contributed by atoms with Crippen LogP contribution in [0.2, 0.25) is 5.02 Å². The molecule has 0 N–H and O–H groups in total. The van der Waals surface area contributed by atoms with Crippen molar-refractivity contribution in [1.82, 2.24) is 4.90 Å². The molecule has 0 fully saturated rings. The average molecular weight is 334 g/mol. The first kappa shape index (κ1) is 16.4. The molecule has 1 aliphatic carbocycles. The van der Waals surface area contributed by atoms with Crippen LogP contribution >= 0.6 is 11.6 Å². The lowest BCUT2D eigenvalue weighted by Gasteiger charge is -2.28. The van der Waals surface area contributed by atoms with Crippen LogP contribution in [0.3, 0.4) is 0 Å². The predicted octanol–water partition coefficient (Wildman–Crippen LogP) is 4.34. The van der Waals surface area contributed by atoms with Crippen molar-refractivity contribution in [3.63, 3.8) is 0 Å². The highest BCUT2D eigenvalue weighted by Gasteiger charge is 2.34. The molecule has 1 aromatic carbocycles. The molecule has 1 aliphatic heterocycles. The van der Waals surface area contributed by atoms with Crippen LogP contribution < -0.4 is 4.74 Å². The fraction of sp³-hybridized carbons (Fsp3) is 0.526. The SMILES string of the molecule is COc1cc2c(cc1Cl)CCN(C)C(=O)[C@@H]2C1=C(C)CCCC1. The third-order valence-electron chi connectivity index (χ3n) is 5.21. The highest BCUT2D eigenvalue weighted by atomic mass is 35.5. The van der Waals surface area contributed by atoms with Gasteiger partial charge >= 0.3 is 0 Å². The van der Waals surface area contributed by atoms with Gasteiger partial charge in [-0.2, -0.15) is 0 Å². The van der Waals surface area contributed by atoms with E-state index >= 15 is 0 Å². The molecule has 0 unspecified atom stereocenters. The molecule has 0 radical (unpaired) electrons. The van der Waals surface area contributed by atoms with Crippen LogP contribution in [0, 0.1) is 0 Å². The van der Waals surface area contributed by atoms with E-state index in [1.54, 1.807) is 7.11 Å². The van der Waals surface area contributed by atoms with Gasteiger partial charge in [-0.25, -0.2) is 0 Å². The molecule has 0 spiro atoms. The number of halogens is 1. The van der Waals surface area contributed by atoms with E-state index in [1.165, 1.54) is 29.6 Å². The van der Waals surface area contributed by atoms with E-state index in [9.17, 15) is 4.79 Å². The molecule has 3 nitrogen and oxygen atoms in total. The lowest BCUT2D eigenvalue weighted by atomic mass is 9.79. The molecule has 23 heavy (non-hydrogen) atoms. The Morgan fingerprint density at radius 2 is 1.96 bits per heavy atom. The molecule has 1 aromatic rings.